The van der Waals surface area contributed by atoms with E-state index in [2.05, 4.69) is 5.32 Å². The molecule has 1 aliphatic rings. The molecule has 1 aliphatic carbocycles. The van der Waals surface area contributed by atoms with Crippen LogP contribution in [0.15, 0.2) is 27.4 Å². The first-order valence-electron chi connectivity index (χ1n) is 7.63. The van der Waals surface area contributed by atoms with Crippen LogP contribution < -0.4 is 10.9 Å². The van der Waals surface area contributed by atoms with E-state index >= 15 is 0 Å². The molecule has 2 aromatic rings. The highest BCUT2D eigenvalue weighted by Crippen LogP contribution is 2.25. The van der Waals surface area contributed by atoms with E-state index in [-0.39, 0.29) is 12.5 Å². The van der Waals surface area contributed by atoms with Gasteiger partial charge in [-0.1, -0.05) is 11.6 Å². The molecule has 0 saturated heterocycles. The van der Waals surface area contributed by atoms with Crippen molar-refractivity contribution in [1.29, 1.82) is 0 Å². The molecule has 122 valence electrons. The minimum absolute atomic E-state index is 0.0103. The molecule has 3 rings (SSSR count). The van der Waals surface area contributed by atoms with Crippen molar-refractivity contribution in [2.75, 3.05) is 13.6 Å². The first-order valence-corrected chi connectivity index (χ1v) is 8.01. The van der Waals surface area contributed by atoms with Gasteiger partial charge in [0.2, 0.25) is 5.91 Å². The van der Waals surface area contributed by atoms with Crippen molar-refractivity contribution in [2.24, 2.45) is 0 Å². The minimum atomic E-state index is -0.398. The summed E-state index contributed by atoms with van der Waals surface area (Å²) in [5, 5.41) is 4.38. The normalized spacial score (nSPS) is 14.4. The predicted molar refractivity (Wildman–Crippen MR) is 89.7 cm³/mol. The summed E-state index contributed by atoms with van der Waals surface area (Å²) in [4.78, 5) is 25.5. The van der Waals surface area contributed by atoms with Crippen molar-refractivity contribution in [3.05, 3.63) is 44.8 Å². The van der Waals surface area contributed by atoms with E-state index in [4.69, 9.17) is 16.0 Å². The van der Waals surface area contributed by atoms with Crippen molar-refractivity contribution in [3.63, 3.8) is 0 Å². The number of rotatable bonds is 5. The molecule has 1 saturated carbocycles. The third kappa shape index (κ3) is 3.92. The first kappa shape index (κ1) is 16.0. The Hall–Kier alpha value is -1.85. The number of likely N-dealkylation sites (N-methyl/N-ethyl adjacent to an activating group) is 1. The van der Waals surface area contributed by atoms with E-state index in [1.165, 1.54) is 6.07 Å². The summed E-state index contributed by atoms with van der Waals surface area (Å²) in [5.41, 5.74) is 1.78. The van der Waals surface area contributed by atoms with Gasteiger partial charge < -0.3 is 9.73 Å². The van der Waals surface area contributed by atoms with E-state index in [9.17, 15) is 9.59 Å². The molecule has 1 heterocycles. The second kappa shape index (κ2) is 6.34. The van der Waals surface area contributed by atoms with Crippen molar-refractivity contribution in [1.82, 2.24) is 10.2 Å². The third-order valence-electron chi connectivity index (χ3n) is 3.91. The van der Waals surface area contributed by atoms with Gasteiger partial charge in [0.25, 0.3) is 0 Å². The number of amides is 1. The van der Waals surface area contributed by atoms with Crippen LogP contribution in [-0.4, -0.2) is 30.4 Å². The summed E-state index contributed by atoms with van der Waals surface area (Å²) >= 11 is 6.19. The number of hydrogen-bond donors (Lipinski definition) is 1. The summed E-state index contributed by atoms with van der Waals surface area (Å²) in [5.74, 6) is 0.0103. The molecule has 5 nitrogen and oxygen atoms in total. The van der Waals surface area contributed by atoms with E-state index in [0.717, 1.165) is 29.4 Å². The zero-order chi connectivity index (χ0) is 16.6. The Bertz CT molecular complexity index is 811. The Morgan fingerprint density at radius 1 is 1.39 bits per heavy atom. The second-order valence-corrected chi connectivity index (χ2v) is 6.61. The van der Waals surface area contributed by atoms with Crippen LogP contribution in [0, 0.1) is 6.92 Å². The van der Waals surface area contributed by atoms with Gasteiger partial charge >= 0.3 is 5.63 Å². The number of aryl methyl sites for hydroxylation is 1. The third-order valence-corrected chi connectivity index (χ3v) is 4.31. The van der Waals surface area contributed by atoms with E-state index in [0.29, 0.717) is 23.2 Å². The van der Waals surface area contributed by atoms with Crippen LogP contribution in [0.5, 0.6) is 0 Å². The maximum atomic E-state index is 11.9. The molecule has 1 aromatic heterocycles. The van der Waals surface area contributed by atoms with Crippen molar-refractivity contribution in [3.8, 4) is 0 Å². The topological polar surface area (TPSA) is 62.6 Å². The number of hydrogen-bond acceptors (Lipinski definition) is 4. The maximum Gasteiger partial charge on any atom is 0.336 e. The van der Waals surface area contributed by atoms with Gasteiger partial charge in [0.1, 0.15) is 5.58 Å². The van der Waals surface area contributed by atoms with E-state index in [1.807, 2.05) is 24.9 Å². The molecule has 0 atom stereocenters. The van der Waals surface area contributed by atoms with Gasteiger partial charge in [-0.3, -0.25) is 9.69 Å². The Kier molecular flexibility index (Phi) is 4.41. The van der Waals surface area contributed by atoms with Crippen LogP contribution in [0.1, 0.15) is 24.0 Å². The highest BCUT2D eigenvalue weighted by Gasteiger charge is 2.23. The molecule has 1 amide bonds. The average molecular weight is 335 g/mol. The van der Waals surface area contributed by atoms with Gasteiger partial charge in [-0.15, -0.1) is 0 Å². The molecule has 23 heavy (non-hydrogen) atoms. The number of carbonyl (C=O) groups is 1. The van der Waals surface area contributed by atoms with E-state index < -0.39 is 5.63 Å². The smallest absolute Gasteiger partial charge is 0.336 e. The molecule has 0 spiro atoms. The lowest BCUT2D eigenvalue weighted by molar-refractivity contribution is -0.122. The van der Waals surface area contributed by atoms with Crippen LogP contribution >= 0.6 is 11.6 Å². The molecule has 0 unspecified atom stereocenters. The van der Waals surface area contributed by atoms with Gasteiger partial charge in [0, 0.05) is 29.1 Å². The monoisotopic (exact) mass is 334 g/mol. The van der Waals surface area contributed by atoms with Crippen LogP contribution in [0.25, 0.3) is 11.0 Å². The highest BCUT2D eigenvalue weighted by atomic mass is 35.5. The summed E-state index contributed by atoms with van der Waals surface area (Å²) in [6.45, 7) is 2.63. The Morgan fingerprint density at radius 2 is 2.13 bits per heavy atom. The molecule has 6 heteroatoms. The van der Waals surface area contributed by atoms with E-state index in [1.54, 1.807) is 6.07 Å². The lowest BCUT2D eigenvalue weighted by atomic mass is 10.1. The summed E-state index contributed by atoms with van der Waals surface area (Å²) < 4.78 is 5.25. The SMILES string of the molecule is Cc1cc2oc(=O)cc(CN(C)CC(=O)NC3CC3)c2cc1Cl. The zero-order valence-corrected chi connectivity index (χ0v) is 13.9. The fourth-order valence-electron chi connectivity index (χ4n) is 2.57. The first-order chi connectivity index (χ1) is 10.9. The number of benzene rings is 1. The standard InChI is InChI=1S/C17H19ClN2O3/c1-10-5-15-13(7-14(10)18)11(6-17(22)23-15)8-20(2)9-16(21)19-12-3-4-12/h5-7,12H,3-4,8-9H2,1-2H3,(H,19,21). The van der Waals surface area contributed by atoms with Crippen molar-refractivity contribution in [2.45, 2.75) is 32.4 Å². The van der Waals surface area contributed by atoms with Crippen LogP contribution in [-0.2, 0) is 11.3 Å². The fourth-order valence-corrected chi connectivity index (χ4v) is 2.74. The summed E-state index contributed by atoms with van der Waals surface area (Å²) in [7, 11) is 1.85. The molecule has 1 N–H and O–H groups in total. The zero-order valence-electron chi connectivity index (χ0n) is 13.2. The van der Waals surface area contributed by atoms with Gasteiger partial charge in [0.05, 0.1) is 6.54 Å². The number of carbonyl (C=O) groups excluding carboxylic acids is 1. The van der Waals surface area contributed by atoms with Crippen LogP contribution in [0.2, 0.25) is 5.02 Å². The molecular formula is C17H19ClN2O3. The maximum absolute atomic E-state index is 11.9. The highest BCUT2D eigenvalue weighted by molar-refractivity contribution is 6.32. The molecular weight excluding hydrogens is 316 g/mol. The van der Waals surface area contributed by atoms with Gasteiger partial charge in [-0.25, -0.2) is 4.79 Å². The summed E-state index contributed by atoms with van der Waals surface area (Å²) in [6, 6.07) is 5.39. The molecule has 1 fully saturated rings. The Labute approximate surface area is 139 Å². The molecule has 0 aliphatic heterocycles. The fraction of sp³-hybridized carbons (Fsp3) is 0.412. The van der Waals surface area contributed by atoms with Crippen LogP contribution in [0.4, 0.5) is 0 Å². The van der Waals surface area contributed by atoms with Gasteiger partial charge in [0.15, 0.2) is 0 Å². The second-order valence-electron chi connectivity index (χ2n) is 6.20. The number of halogens is 1. The summed E-state index contributed by atoms with van der Waals surface area (Å²) in [6.07, 6.45) is 2.13. The molecule has 0 radical (unpaired) electrons. The number of fused-ring (bicyclic) bond motifs is 1. The quantitative estimate of drug-likeness (QED) is 0.853. The molecule has 1 aromatic carbocycles. The average Bonchev–Trinajstić information content (AvgIpc) is 3.24. The number of nitrogens with zero attached hydrogens (tertiary/aromatic N) is 1. The lowest BCUT2D eigenvalue weighted by Gasteiger charge is -2.17. The van der Waals surface area contributed by atoms with Gasteiger partial charge in [-0.2, -0.15) is 0 Å². The number of nitrogens with one attached hydrogen (secondary N) is 1. The Balaban J connectivity index is 1.82. The van der Waals surface area contributed by atoms with Crippen molar-refractivity contribution >= 4 is 28.5 Å². The van der Waals surface area contributed by atoms with Gasteiger partial charge in [-0.05, 0) is 50.1 Å². The largest absolute Gasteiger partial charge is 0.423 e. The van der Waals surface area contributed by atoms with Crippen LogP contribution in [0.3, 0.4) is 0 Å². The predicted octanol–water partition coefficient (Wildman–Crippen LogP) is 2.47. The Morgan fingerprint density at radius 3 is 2.83 bits per heavy atom. The minimum Gasteiger partial charge on any atom is -0.423 e. The lowest BCUT2D eigenvalue weighted by Crippen LogP contribution is -2.36. The van der Waals surface area contributed by atoms with Crippen molar-refractivity contribution < 1.29 is 9.21 Å². The molecule has 0 bridgehead atoms.